The van der Waals surface area contributed by atoms with Crippen LogP contribution < -0.4 is 5.48 Å². The van der Waals surface area contributed by atoms with Gasteiger partial charge in [0.2, 0.25) is 0 Å². The number of carbonyl (C=O) groups is 2. The van der Waals surface area contributed by atoms with Gasteiger partial charge in [0.1, 0.15) is 17.1 Å². The first kappa shape index (κ1) is 25.6. The Kier molecular flexibility index (Phi) is 9.42. The summed E-state index contributed by atoms with van der Waals surface area (Å²) in [6, 6.07) is 0.998. The second kappa shape index (κ2) is 12.5. The van der Waals surface area contributed by atoms with Crippen LogP contribution in [0.1, 0.15) is 54.9 Å². The molecule has 8 nitrogen and oxygen atoms in total. The van der Waals surface area contributed by atoms with Crippen molar-refractivity contribution in [3.8, 4) is 11.5 Å². The van der Waals surface area contributed by atoms with E-state index in [0.29, 0.717) is 12.1 Å². The minimum absolute atomic E-state index is 0.0722. The van der Waals surface area contributed by atoms with E-state index in [4.69, 9.17) is 21.2 Å². The lowest BCUT2D eigenvalue weighted by atomic mass is 10.0. The molecule has 2 aliphatic heterocycles. The summed E-state index contributed by atoms with van der Waals surface area (Å²) in [5.41, 5.74) is 3.02. The maximum atomic E-state index is 12.7. The fourth-order valence-corrected chi connectivity index (χ4v) is 4.00. The van der Waals surface area contributed by atoms with Gasteiger partial charge in [0.25, 0.3) is 5.91 Å². The lowest BCUT2D eigenvalue weighted by Crippen LogP contribution is -2.39. The average Bonchev–Trinajstić information content (AvgIpc) is 2.81. The Hall–Kier alpha value is -2.97. The number of likely N-dealkylation sites (tertiary alicyclic amines) is 1. The lowest BCUT2D eigenvalue weighted by Gasteiger charge is -2.26. The van der Waals surface area contributed by atoms with E-state index < -0.39 is 11.7 Å². The highest BCUT2D eigenvalue weighted by Crippen LogP contribution is 2.38. The summed E-state index contributed by atoms with van der Waals surface area (Å²) in [6.07, 6.45) is 13.4. The van der Waals surface area contributed by atoms with Crippen LogP contribution in [0.15, 0.2) is 36.1 Å². The lowest BCUT2D eigenvalue weighted by molar-refractivity contribution is -0.139. The van der Waals surface area contributed by atoms with Crippen molar-refractivity contribution in [1.82, 2.24) is 10.4 Å². The van der Waals surface area contributed by atoms with Crippen LogP contribution in [-0.2, 0) is 14.4 Å². The molecule has 0 saturated carbocycles. The van der Waals surface area contributed by atoms with E-state index in [-0.39, 0.29) is 46.9 Å². The van der Waals surface area contributed by atoms with Crippen molar-refractivity contribution in [2.75, 3.05) is 26.3 Å². The van der Waals surface area contributed by atoms with E-state index in [1.54, 1.807) is 11.0 Å². The summed E-state index contributed by atoms with van der Waals surface area (Å²) in [5.74, 6) is -1.48. The molecule has 0 aromatic heterocycles. The van der Waals surface area contributed by atoms with Crippen molar-refractivity contribution in [2.24, 2.45) is 5.92 Å². The van der Waals surface area contributed by atoms with Gasteiger partial charge in [-0.05, 0) is 50.2 Å². The van der Waals surface area contributed by atoms with Crippen LogP contribution in [0.2, 0.25) is 5.02 Å². The highest BCUT2D eigenvalue weighted by molar-refractivity contribution is 6.34. The van der Waals surface area contributed by atoms with Gasteiger partial charge in [-0.3, -0.25) is 15.1 Å². The van der Waals surface area contributed by atoms with Gasteiger partial charge in [-0.2, -0.15) is 0 Å². The first-order valence-corrected chi connectivity index (χ1v) is 11.9. The number of piperidine rings is 1. The van der Waals surface area contributed by atoms with Crippen molar-refractivity contribution in [2.45, 2.75) is 39.0 Å². The molecule has 1 aromatic carbocycles. The molecule has 0 radical (unpaired) electrons. The van der Waals surface area contributed by atoms with Gasteiger partial charge in [0.05, 0.1) is 17.3 Å². The number of cyclic esters (lactones) is 1. The van der Waals surface area contributed by atoms with Crippen molar-refractivity contribution >= 4 is 29.6 Å². The number of carbonyl (C=O) groups excluding carboxylic acids is 2. The Bertz CT molecular complexity index is 982. The SMILES string of the molecule is CC1C=CCCOC(=O)c2c(O)cc(O)c(Cl)c2/C=C(\NOCC(=O)N2CCCCC2)C=CC1. The van der Waals surface area contributed by atoms with Crippen LogP contribution >= 0.6 is 11.6 Å². The van der Waals surface area contributed by atoms with Crippen LogP contribution in [0.3, 0.4) is 0 Å². The highest BCUT2D eigenvalue weighted by atomic mass is 35.5. The van der Waals surface area contributed by atoms with E-state index in [1.165, 1.54) is 6.08 Å². The van der Waals surface area contributed by atoms with Crippen LogP contribution in [0, 0.1) is 5.92 Å². The molecule has 184 valence electrons. The van der Waals surface area contributed by atoms with E-state index in [9.17, 15) is 19.8 Å². The zero-order chi connectivity index (χ0) is 24.5. The van der Waals surface area contributed by atoms with Crippen LogP contribution in [0.4, 0.5) is 0 Å². The fourth-order valence-electron chi connectivity index (χ4n) is 3.79. The number of phenols is 2. The Morgan fingerprint density at radius 1 is 1.24 bits per heavy atom. The molecule has 1 fully saturated rings. The average molecular weight is 491 g/mol. The van der Waals surface area contributed by atoms with Crippen molar-refractivity contribution in [3.63, 3.8) is 0 Å². The van der Waals surface area contributed by atoms with Gasteiger partial charge in [-0.15, -0.1) is 0 Å². The van der Waals surface area contributed by atoms with E-state index in [0.717, 1.165) is 44.8 Å². The number of benzene rings is 1. The molecule has 1 atom stereocenters. The van der Waals surface area contributed by atoms with Gasteiger partial charge < -0.3 is 19.8 Å². The monoisotopic (exact) mass is 490 g/mol. The minimum atomic E-state index is -0.770. The molecular formula is C25H31ClN2O6. The number of nitrogens with zero attached hydrogens (tertiary/aromatic N) is 1. The highest BCUT2D eigenvalue weighted by Gasteiger charge is 2.23. The second-order valence-electron chi connectivity index (χ2n) is 8.42. The molecule has 1 saturated heterocycles. The number of phenolic OH excluding ortho intramolecular Hbond substituents is 2. The normalized spacial score (nSPS) is 21.1. The summed E-state index contributed by atoms with van der Waals surface area (Å²) >= 11 is 6.30. The zero-order valence-corrected chi connectivity index (χ0v) is 20.0. The number of fused-ring (bicyclic) bond motifs is 1. The number of nitrogens with one attached hydrogen (secondary N) is 1. The summed E-state index contributed by atoms with van der Waals surface area (Å²) in [4.78, 5) is 32.4. The van der Waals surface area contributed by atoms with E-state index in [2.05, 4.69) is 12.4 Å². The zero-order valence-electron chi connectivity index (χ0n) is 19.3. The van der Waals surface area contributed by atoms with Crippen molar-refractivity contribution in [1.29, 1.82) is 0 Å². The largest absolute Gasteiger partial charge is 0.507 e. The number of rotatable bonds is 4. The maximum absolute atomic E-state index is 12.7. The number of hydrogen-bond donors (Lipinski definition) is 3. The van der Waals surface area contributed by atoms with Gasteiger partial charge in [0.15, 0.2) is 6.61 Å². The van der Waals surface area contributed by atoms with E-state index in [1.807, 2.05) is 18.2 Å². The third-order valence-electron chi connectivity index (χ3n) is 5.65. The number of esters is 1. The van der Waals surface area contributed by atoms with Crippen LogP contribution in [0.5, 0.6) is 11.5 Å². The molecular weight excluding hydrogens is 460 g/mol. The van der Waals surface area contributed by atoms with Crippen molar-refractivity contribution in [3.05, 3.63) is 52.2 Å². The summed E-state index contributed by atoms with van der Waals surface area (Å²) in [7, 11) is 0. The number of ether oxygens (including phenoxy) is 1. The standard InChI is InChI=1S/C25H31ClN2O6/c1-17-8-3-6-13-33-25(32)23-19(24(26)21(30)15-20(23)29)14-18(10-7-9-17)27-34-16-22(31)28-11-4-2-5-12-28/h3,7-8,10,14-15,17,27,29-30H,2,4-6,9,11-13,16H2,1H3/b8-3?,10-7?,18-14-. The van der Waals surface area contributed by atoms with Gasteiger partial charge in [-0.1, -0.05) is 36.8 Å². The first-order valence-electron chi connectivity index (χ1n) is 11.5. The summed E-state index contributed by atoms with van der Waals surface area (Å²) in [5, 5.41) is 20.4. The number of aromatic hydroxyl groups is 2. The topological polar surface area (TPSA) is 108 Å². The van der Waals surface area contributed by atoms with Crippen LogP contribution in [0.25, 0.3) is 6.08 Å². The molecule has 34 heavy (non-hydrogen) atoms. The van der Waals surface area contributed by atoms with Crippen molar-refractivity contribution < 1.29 is 29.4 Å². The molecule has 0 spiro atoms. The predicted octanol–water partition coefficient (Wildman–Crippen LogP) is 4.32. The molecule has 0 aliphatic carbocycles. The number of hydrogen-bond acceptors (Lipinski definition) is 7. The van der Waals surface area contributed by atoms with Gasteiger partial charge in [-0.25, -0.2) is 4.79 Å². The Morgan fingerprint density at radius 2 is 2.00 bits per heavy atom. The summed E-state index contributed by atoms with van der Waals surface area (Å²) < 4.78 is 5.30. The molecule has 0 bridgehead atoms. The number of halogens is 1. The molecule has 9 heteroatoms. The molecule has 3 N–H and O–H groups in total. The predicted molar refractivity (Wildman–Crippen MR) is 129 cm³/mol. The summed E-state index contributed by atoms with van der Waals surface area (Å²) in [6.45, 7) is 3.47. The quantitative estimate of drug-likeness (QED) is 0.327. The number of allylic oxidation sites excluding steroid dienone is 3. The Balaban J connectivity index is 1.88. The molecule has 2 aliphatic rings. The van der Waals surface area contributed by atoms with E-state index >= 15 is 0 Å². The molecule has 3 rings (SSSR count). The third-order valence-corrected chi connectivity index (χ3v) is 6.04. The molecule has 1 aromatic rings. The Morgan fingerprint density at radius 3 is 2.76 bits per heavy atom. The van der Waals surface area contributed by atoms with Gasteiger partial charge >= 0.3 is 5.97 Å². The number of hydroxylamine groups is 1. The van der Waals surface area contributed by atoms with Crippen LogP contribution in [-0.4, -0.2) is 53.3 Å². The smallest absolute Gasteiger partial charge is 0.342 e. The molecule has 2 heterocycles. The third kappa shape index (κ3) is 7.01. The number of amides is 1. The minimum Gasteiger partial charge on any atom is -0.507 e. The molecule has 1 amide bonds. The first-order chi connectivity index (χ1) is 16.4. The molecule has 1 unspecified atom stereocenters. The van der Waals surface area contributed by atoms with Gasteiger partial charge in [0, 0.05) is 24.7 Å². The maximum Gasteiger partial charge on any atom is 0.342 e. The Labute approximate surface area is 204 Å². The second-order valence-corrected chi connectivity index (χ2v) is 8.80. The fraction of sp³-hybridized carbons (Fsp3) is 0.440.